The average molecular weight is 592 g/mol. The minimum Gasteiger partial charge on any atom is -0.497 e. The average Bonchev–Trinajstić information content (AvgIpc) is 3.51. The molecule has 5 rings (SSSR count). The maximum absolute atomic E-state index is 13.5. The largest absolute Gasteiger partial charge is 0.497 e. The van der Waals surface area contributed by atoms with E-state index in [0.717, 1.165) is 31.5 Å². The maximum Gasteiger partial charge on any atom is 0.270 e. The van der Waals surface area contributed by atoms with Crippen LogP contribution in [0.25, 0.3) is 10.9 Å². The van der Waals surface area contributed by atoms with E-state index in [2.05, 4.69) is 27.6 Å². The summed E-state index contributed by atoms with van der Waals surface area (Å²) in [4.78, 5) is 47.3. The zero-order valence-corrected chi connectivity index (χ0v) is 24.8. The Kier molecular flexibility index (Phi) is 9.40. The van der Waals surface area contributed by atoms with Gasteiger partial charge in [-0.15, -0.1) is 0 Å². The van der Waals surface area contributed by atoms with Gasteiger partial charge in [-0.1, -0.05) is 6.07 Å². The van der Waals surface area contributed by atoms with Crippen molar-refractivity contribution in [1.82, 2.24) is 25.4 Å². The van der Waals surface area contributed by atoms with Gasteiger partial charge in [0, 0.05) is 36.7 Å². The highest BCUT2D eigenvalue weighted by Crippen LogP contribution is 2.32. The number of carbonyl (C=O) groups excluding carboxylic acids is 3. The van der Waals surface area contributed by atoms with Gasteiger partial charge in [-0.3, -0.25) is 14.4 Å². The van der Waals surface area contributed by atoms with Gasteiger partial charge in [-0.2, -0.15) is 0 Å². The van der Waals surface area contributed by atoms with Gasteiger partial charge in [0.1, 0.15) is 35.2 Å². The molecule has 11 heteroatoms. The molecule has 228 valence electrons. The molecule has 3 amide bonds. The van der Waals surface area contributed by atoms with Crippen LogP contribution in [0, 0.1) is 5.82 Å². The Hall–Kier alpha value is -4.25. The number of amides is 3. The summed E-state index contributed by atoms with van der Waals surface area (Å²) in [6.45, 7) is 3.97. The zero-order valence-electron chi connectivity index (χ0n) is 24.8. The van der Waals surface area contributed by atoms with Crippen LogP contribution in [0.5, 0.6) is 11.5 Å². The molecular formula is C32H38FN5O5. The third-order valence-electron chi connectivity index (χ3n) is 8.17. The van der Waals surface area contributed by atoms with E-state index in [1.165, 1.54) is 29.2 Å². The van der Waals surface area contributed by atoms with E-state index < -0.39 is 11.9 Å². The van der Waals surface area contributed by atoms with Crippen molar-refractivity contribution in [3.8, 4) is 11.5 Å². The minimum absolute atomic E-state index is 0.0796. The Labute approximate surface area is 250 Å². The molecule has 2 aliphatic heterocycles. The van der Waals surface area contributed by atoms with Crippen molar-refractivity contribution in [3.63, 3.8) is 0 Å². The second-order valence-corrected chi connectivity index (χ2v) is 11.2. The fourth-order valence-electron chi connectivity index (χ4n) is 5.68. The van der Waals surface area contributed by atoms with Crippen LogP contribution in [0.1, 0.15) is 54.7 Å². The van der Waals surface area contributed by atoms with Crippen LogP contribution >= 0.6 is 0 Å². The summed E-state index contributed by atoms with van der Waals surface area (Å²) in [6, 6.07) is 11.8. The quantitative estimate of drug-likeness (QED) is 0.392. The first-order chi connectivity index (χ1) is 20.7. The second kappa shape index (κ2) is 13.4. The topological polar surface area (TPSA) is 113 Å². The molecule has 2 atom stereocenters. The lowest BCUT2D eigenvalue weighted by Crippen LogP contribution is -2.49. The molecule has 0 saturated carbocycles. The van der Waals surface area contributed by atoms with Gasteiger partial charge in [0.05, 0.1) is 25.2 Å². The first kappa shape index (κ1) is 30.2. The number of piperidine rings is 1. The Bertz CT molecular complexity index is 1490. The van der Waals surface area contributed by atoms with E-state index in [-0.39, 0.29) is 42.0 Å². The van der Waals surface area contributed by atoms with E-state index in [1.807, 2.05) is 25.1 Å². The van der Waals surface area contributed by atoms with Crippen LogP contribution in [-0.4, -0.2) is 85.0 Å². The first-order valence-corrected chi connectivity index (χ1v) is 14.7. The summed E-state index contributed by atoms with van der Waals surface area (Å²) >= 11 is 0. The lowest BCUT2D eigenvalue weighted by atomic mass is 10.0. The molecule has 0 spiro atoms. The Morgan fingerprint density at radius 2 is 1.84 bits per heavy atom. The fourth-order valence-corrected chi connectivity index (χ4v) is 5.68. The van der Waals surface area contributed by atoms with Crippen LogP contribution in [0.2, 0.25) is 0 Å². The summed E-state index contributed by atoms with van der Waals surface area (Å²) in [5.74, 6) is -0.165. The molecule has 2 aliphatic rings. The molecule has 2 fully saturated rings. The zero-order chi connectivity index (χ0) is 30.5. The molecule has 43 heavy (non-hydrogen) atoms. The molecule has 2 saturated heterocycles. The summed E-state index contributed by atoms with van der Waals surface area (Å²) in [6.07, 6.45) is 3.13. The number of nitrogens with zero attached hydrogens (tertiary/aromatic N) is 3. The highest BCUT2D eigenvalue weighted by molar-refractivity contribution is 5.97. The molecule has 3 heterocycles. The summed E-state index contributed by atoms with van der Waals surface area (Å²) in [5, 5.41) is 6.25. The number of rotatable bonds is 9. The summed E-state index contributed by atoms with van der Waals surface area (Å²) in [5.41, 5.74) is 1.43. The number of nitrogens with one attached hydrogen (secondary N) is 2. The highest BCUT2D eigenvalue weighted by atomic mass is 19.1. The van der Waals surface area contributed by atoms with Crippen molar-refractivity contribution in [3.05, 3.63) is 65.6 Å². The number of pyridine rings is 1. The SMILES string of the molecule is COc1ccc(C(C)NC(=O)C2CCCN2C(=O)CNC(=O)c2ccc3cc(F)ccc3n2)c(OC2CCN(C)CC2)c1. The Morgan fingerprint density at radius 3 is 2.60 bits per heavy atom. The third kappa shape index (κ3) is 7.22. The van der Waals surface area contributed by atoms with Gasteiger partial charge in [0.2, 0.25) is 11.8 Å². The van der Waals surface area contributed by atoms with E-state index in [0.29, 0.717) is 41.8 Å². The number of fused-ring (bicyclic) bond motifs is 1. The molecule has 0 aliphatic carbocycles. The normalized spacial score (nSPS) is 18.3. The number of halogens is 1. The van der Waals surface area contributed by atoms with Crippen LogP contribution in [-0.2, 0) is 9.59 Å². The predicted octanol–water partition coefficient (Wildman–Crippen LogP) is 3.45. The van der Waals surface area contributed by atoms with Crippen molar-refractivity contribution in [2.24, 2.45) is 0 Å². The summed E-state index contributed by atoms with van der Waals surface area (Å²) < 4.78 is 25.3. The summed E-state index contributed by atoms with van der Waals surface area (Å²) in [7, 11) is 3.70. The van der Waals surface area contributed by atoms with Gasteiger partial charge >= 0.3 is 0 Å². The lowest BCUT2D eigenvalue weighted by molar-refractivity contribution is -0.138. The standard InChI is InChI=1S/C32H38FN5O5/c1-20(25-9-8-24(42-3)18-29(25)43-23-12-15-37(2)16-13-23)35-32(41)28-5-4-14-38(28)30(39)19-34-31(40)27-10-6-21-17-22(33)7-11-26(21)36-27/h6-11,17-18,20,23,28H,4-5,12-16,19H2,1-3H3,(H,34,40)(H,35,41). The van der Waals surface area contributed by atoms with Crippen LogP contribution in [0.4, 0.5) is 4.39 Å². The molecular weight excluding hydrogens is 553 g/mol. The number of benzene rings is 2. The van der Waals surface area contributed by atoms with E-state index in [1.54, 1.807) is 13.2 Å². The molecule has 1 aromatic heterocycles. The van der Waals surface area contributed by atoms with Crippen LogP contribution in [0.3, 0.4) is 0 Å². The predicted molar refractivity (Wildman–Crippen MR) is 159 cm³/mol. The highest BCUT2D eigenvalue weighted by Gasteiger charge is 2.35. The number of methoxy groups -OCH3 is 1. The van der Waals surface area contributed by atoms with Crippen LogP contribution < -0.4 is 20.1 Å². The van der Waals surface area contributed by atoms with Gasteiger partial charge in [-0.25, -0.2) is 9.37 Å². The molecule has 2 aromatic carbocycles. The molecule has 10 nitrogen and oxygen atoms in total. The van der Waals surface area contributed by atoms with Crippen molar-refractivity contribution in [2.45, 2.75) is 50.8 Å². The van der Waals surface area contributed by atoms with Gasteiger partial charge in [0.25, 0.3) is 5.91 Å². The monoisotopic (exact) mass is 591 g/mol. The third-order valence-corrected chi connectivity index (χ3v) is 8.17. The second-order valence-electron chi connectivity index (χ2n) is 11.2. The number of hydrogen-bond donors (Lipinski definition) is 2. The van der Waals surface area contributed by atoms with Gasteiger partial charge < -0.3 is 29.9 Å². The number of carbonyl (C=O) groups is 3. The molecule has 0 radical (unpaired) electrons. The molecule has 3 aromatic rings. The Balaban J connectivity index is 1.19. The fraction of sp³-hybridized carbons (Fsp3) is 0.438. The Morgan fingerprint density at radius 1 is 1.05 bits per heavy atom. The number of likely N-dealkylation sites (tertiary alicyclic amines) is 2. The first-order valence-electron chi connectivity index (χ1n) is 14.7. The molecule has 0 bridgehead atoms. The van der Waals surface area contributed by atoms with Gasteiger partial charge in [0.15, 0.2) is 0 Å². The lowest BCUT2D eigenvalue weighted by Gasteiger charge is -2.31. The number of ether oxygens (including phenoxy) is 2. The molecule has 2 unspecified atom stereocenters. The number of hydrogen-bond acceptors (Lipinski definition) is 7. The van der Waals surface area contributed by atoms with E-state index in [4.69, 9.17) is 9.47 Å². The number of aromatic nitrogens is 1. The van der Waals surface area contributed by atoms with Crippen molar-refractivity contribution in [1.29, 1.82) is 0 Å². The van der Waals surface area contributed by atoms with E-state index >= 15 is 0 Å². The minimum atomic E-state index is -0.642. The van der Waals surface area contributed by atoms with Crippen molar-refractivity contribution < 1.29 is 28.2 Å². The smallest absolute Gasteiger partial charge is 0.270 e. The van der Waals surface area contributed by atoms with Crippen molar-refractivity contribution >= 4 is 28.6 Å². The van der Waals surface area contributed by atoms with E-state index in [9.17, 15) is 18.8 Å². The van der Waals surface area contributed by atoms with Gasteiger partial charge in [-0.05, 0) is 76.1 Å². The van der Waals surface area contributed by atoms with Crippen molar-refractivity contribution in [2.75, 3.05) is 40.3 Å². The maximum atomic E-state index is 13.5. The van der Waals surface area contributed by atoms with Crippen LogP contribution in [0.15, 0.2) is 48.5 Å². The molecule has 2 N–H and O–H groups in total.